The number of hydrogen-bond donors (Lipinski definition) is 1. The number of piperazine rings is 1. The third kappa shape index (κ3) is 4.70. The first-order valence-electron chi connectivity index (χ1n) is 12.0. The lowest BCUT2D eigenvalue weighted by Crippen LogP contribution is -2.48. The molecular formula is C26H32N4O3S. The van der Waals surface area contributed by atoms with Crippen LogP contribution in [0.25, 0.3) is 10.2 Å². The number of aryl methyl sites for hydroxylation is 2. The Morgan fingerprint density at radius 1 is 1.03 bits per heavy atom. The Bertz CT molecular complexity index is 1170. The Labute approximate surface area is 204 Å². The average molecular weight is 481 g/mol. The molecule has 1 aromatic heterocycles. The molecule has 2 aliphatic rings. The van der Waals surface area contributed by atoms with Gasteiger partial charge in [0.2, 0.25) is 0 Å². The van der Waals surface area contributed by atoms with Gasteiger partial charge in [0.25, 0.3) is 5.91 Å². The molecule has 1 aliphatic carbocycles. The number of thiazole rings is 1. The normalized spacial score (nSPS) is 16.4. The monoisotopic (exact) mass is 480 g/mol. The highest BCUT2D eigenvalue weighted by Gasteiger charge is 2.22. The summed E-state index contributed by atoms with van der Waals surface area (Å²) in [5, 5.41) is 4.12. The summed E-state index contributed by atoms with van der Waals surface area (Å²) in [6.07, 6.45) is 4.72. The first kappa shape index (κ1) is 22.9. The number of anilines is 1. The molecule has 0 spiro atoms. The fourth-order valence-electron chi connectivity index (χ4n) is 4.90. The van der Waals surface area contributed by atoms with Gasteiger partial charge in [0.15, 0.2) is 16.6 Å². The number of methoxy groups -OCH3 is 2. The molecule has 1 aliphatic heterocycles. The van der Waals surface area contributed by atoms with Crippen molar-refractivity contribution in [3.8, 4) is 11.5 Å². The van der Waals surface area contributed by atoms with E-state index in [1.54, 1.807) is 25.6 Å². The molecule has 0 radical (unpaired) electrons. The van der Waals surface area contributed by atoms with E-state index < -0.39 is 0 Å². The summed E-state index contributed by atoms with van der Waals surface area (Å²) in [6.45, 7) is 5.25. The summed E-state index contributed by atoms with van der Waals surface area (Å²) in [7, 11) is 3.30. The molecular weight excluding hydrogens is 448 g/mol. The lowest BCUT2D eigenvalue weighted by molar-refractivity contribution is 0.0947. The minimum Gasteiger partial charge on any atom is -0.493 e. The topological polar surface area (TPSA) is 66.9 Å². The second-order valence-electron chi connectivity index (χ2n) is 8.92. The lowest BCUT2D eigenvalue weighted by atomic mass is 9.90. The van der Waals surface area contributed by atoms with E-state index in [1.807, 2.05) is 18.2 Å². The maximum Gasteiger partial charge on any atom is 0.251 e. The molecule has 0 bridgehead atoms. The van der Waals surface area contributed by atoms with Crippen LogP contribution in [-0.4, -0.2) is 69.3 Å². The molecule has 0 atom stereocenters. The van der Waals surface area contributed by atoms with Gasteiger partial charge in [-0.05, 0) is 61.1 Å². The summed E-state index contributed by atoms with van der Waals surface area (Å²) in [4.78, 5) is 22.2. The first-order valence-corrected chi connectivity index (χ1v) is 12.9. The molecule has 2 aromatic carbocycles. The van der Waals surface area contributed by atoms with Gasteiger partial charge in [0.05, 0.1) is 18.9 Å². The highest BCUT2D eigenvalue weighted by molar-refractivity contribution is 7.22. The van der Waals surface area contributed by atoms with Gasteiger partial charge in [-0.1, -0.05) is 17.4 Å². The van der Waals surface area contributed by atoms with Crippen LogP contribution >= 0.6 is 11.3 Å². The number of aromatic nitrogens is 1. The average Bonchev–Trinajstić information content (AvgIpc) is 3.32. The maximum absolute atomic E-state index is 12.6. The molecule has 1 saturated heterocycles. The molecule has 3 aromatic rings. The fraction of sp³-hybridized carbons (Fsp3) is 0.462. The number of carbonyl (C=O) groups is 1. The second kappa shape index (κ2) is 10.2. The van der Waals surface area contributed by atoms with Crippen molar-refractivity contribution in [3.63, 3.8) is 0 Å². The molecule has 1 amide bonds. The summed E-state index contributed by atoms with van der Waals surface area (Å²) < 4.78 is 12.1. The fourth-order valence-corrected chi connectivity index (χ4v) is 5.92. The van der Waals surface area contributed by atoms with E-state index in [4.69, 9.17) is 14.5 Å². The molecule has 2 heterocycles. The summed E-state index contributed by atoms with van der Waals surface area (Å²) in [5.74, 6) is 1.43. The van der Waals surface area contributed by atoms with Crippen LogP contribution in [0.1, 0.15) is 34.3 Å². The quantitative estimate of drug-likeness (QED) is 0.556. The predicted octanol–water partition coefficient (Wildman–Crippen LogP) is 3.74. The number of fused-ring (bicyclic) bond motifs is 2. The van der Waals surface area contributed by atoms with E-state index in [0.717, 1.165) is 66.5 Å². The minimum absolute atomic E-state index is 0.0332. The number of amides is 1. The Kier molecular flexibility index (Phi) is 6.87. The molecule has 7 nitrogen and oxygen atoms in total. The minimum atomic E-state index is 0.0332. The Balaban J connectivity index is 1.12. The molecule has 8 heteroatoms. The highest BCUT2D eigenvalue weighted by atomic mass is 32.1. The van der Waals surface area contributed by atoms with E-state index in [0.29, 0.717) is 18.0 Å². The van der Waals surface area contributed by atoms with Gasteiger partial charge in [-0.25, -0.2) is 4.98 Å². The smallest absolute Gasteiger partial charge is 0.251 e. The lowest BCUT2D eigenvalue weighted by Gasteiger charge is -2.34. The molecule has 0 saturated carbocycles. The van der Waals surface area contributed by atoms with Crippen molar-refractivity contribution in [3.05, 3.63) is 47.0 Å². The molecule has 1 fully saturated rings. The second-order valence-corrected chi connectivity index (χ2v) is 9.93. The number of nitrogens with zero attached hydrogens (tertiary/aromatic N) is 3. The van der Waals surface area contributed by atoms with Crippen molar-refractivity contribution >= 4 is 32.6 Å². The molecule has 5 rings (SSSR count). The zero-order valence-corrected chi connectivity index (χ0v) is 20.7. The van der Waals surface area contributed by atoms with Crippen LogP contribution in [0.5, 0.6) is 11.5 Å². The molecule has 180 valence electrons. The van der Waals surface area contributed by atoms with Crippen LogP contribution in [0.4, 0.5) is 5.13 Å². The third-order valence-electron chi connectivity index (χ3n) is 6.86. The SMILES string of the molecule is COc1ccc2sc(N3CCN(CCNC(=O)c4ccc5c(c4)CCCC5)CC3)nc2c1OC. The van der Waals surface area contributed by atoms with E-state index in [1.165, 1.54) is 24.0 Å². The Morgan fingerprint density at radius 2 is 1.82 bits per heavy atom. The summed E-state index contributed by atoms with van der Waals surface area (Å²) in [6, 6.07) is 10.2. The largest absolute Gasteiger partial charge is 0.493 e. The van der Waals surface area contributed by atoms with Crippen molar-refractivity contribution in [1.82, 2.24) is 15.2 Å². The van der Waals surface area contributed by atoms with Crippen molar-refractivity contribution in [1.29, 1.82) is 0 Å². The number of carbonyl (C=O) groups excluding carboxylic acids is 1. The summed E-state index contributed by atoms with van der Waals surface area (Å²) in [5.41, 5.74) is 4.40. The molecule has 34 heavy (non-hydrogen) atoms. The number of ether oxygens (including phenoxy) is 2. The van der Waals surface area contributed by atoms with Crippen molar-refractivity contribution < 1.29 is 14.3 Å². The van der Waals surface area contributed by atoms with Crippen LogP contribution in [0.15, 0.2) is 30.3 Å². The van der Waals surface area contributed by atoms with E-state index in [2.05, 4.69) is 27.2 Å². The van der Waals surface area contributed by atoms with Gasteiger partial charge in [0, 0.05) is 44.8 Å². The molecule has 1 N–H and O–H groups in total. The summed E-state index contributed by atoms with van der Waals surface area (Å²) >= 11 is 1.69. The van der Waals surface area contributed by atoms with Gasteiger partial charge in [-0.3, -0.25) is 9.69 Å². The van der Waals surface area contributed by atoms with Crippen molar-refractivity contribution in [2.45, 2.75) is 25.7 Å². The van der Waals surface area contributed by atoms with E-state index in [9.17, 15) is 4.79 Å². The van der Waals surface area contributed by atoms with Gasteiger partial charge in [0.1, 0.15) is 5.52 Å². The standard InChI is InChI=1S/C26H32N4O3S/c1-32-21-9-10-22-23(24(21)33-2)28-26(34-22)30-15-13-29(14-16-30)12-11-27-25(31)20-8-7-18-5-3-4-6-19(18)17-20/h7-10,17H,3-6,11-16H2,1-2H3,(H,27,31). The van der Waals surface area contributed by atoms with E-state index in [-0.39, 0.29) is 5.91 Å². The van der Waals surface area contributed by atoms with Gasteiger partial charge in [-0.2, -0.15) is 0 Å². The van der Waals surface area contributed by atoms with Crippen molar-refractivity contribution in [2.75, 3.05) is 58.4 Å². The Hall–Kier alpha value is -2.84. The van der Waals surface area contributed by atoms with Crippen LogP contribution in [0.3, 0.4) is 0 Å². The third-order valence-corrected chi connectivity index (χ3v) is 7.94. The van der Waals surface area contributed by atoms with Crippen LogP contribution in [0, 0.1) is 0 Å². The number of rotatable bonds is 7. The van der Waals surface area contributed by atoms with E-state index >= 15 is 0 Å². The van der Waals surface area contributed by atoms with Gasteiger partial charge < -0.3 is 19.7 Å². The Morgan fingerprint density at radius 3 is 2.59 bits per heavy atom. The van der Waals surface area contributed by atoms with Gasteiger partial charge in [-0.15, -0.1) is 0 Å². The number of benzene rings is 2. The van der Waals surface area contributed by atoms with Crippen LogP contribution < -0.4 is 19.7 Å². The maximum atomic E-state index is 12.6. The first-order chi connectivity index (χ1) is 16.7. The zero-order chi connectivity index (χ0) is 23.5. The zero-order valence-electron chi connectivity index (χ0n) is 19.9. The number of nitrogens with one attached hydrogen (secondary N) is 1. The van der Waals surface area contributed by atoms with Crippen LogP contribution in [0.2, 0.25) is 0 Å². The van der Waals surface area contributed by atoms with Crippen LogP contribution in [-0.2, 0) is 12.8 Å². The van der Waals surface area contributed by atoms with Crippen molar-refractivity contribution in [2.24, 2.45) is 0 Å². The van der Waals surface area contributed by atoms with Gasteiger partial charge >= 0.3 is 0 Å². The highest BCUT2D eigenvalue weighted by Crippen LogP contribution is 2.40. The number of hydrogen-bond acceptors (Lipinski definition) is 7. The molecule has 0 unspecified atom stereocenters. The predicted molar refractivity (Wildman–Crippen MR) is 137 cm³/mol.